The Bertz CT molecular complexity index is 1180. The summed E-state index contributed by atoms with van der Waals surface area (Å²) in [6.45, 7) is 1.80. The van der Waals surface area contributed by atoms with E-state index in [2.05, 4.69) is 0 Å². The highest BCUT2D eigenvalue weighted by atomic mass is 32.2. The first-order valence-electron chi connectivity index (χ1n) is 9.87. The zero-order valence-corrected chi connectivity index (χ0v) is 18.8. The summed E-state index contributed by atoms with van der Waals surface area (Å²) >= 11 is 0. The highest BCUT2D eigenvalue weighted by Gasteiger charge is 2.25. The first-order valence-corrected chi connectivity index (χ1v) is 13.1. The molecule has 0 aliphatic heterocycles. The number of benzene rings is 3. The molecule has 0 aliphatic rings. The van der Waals surface area contributed by atoms with Crippen LogP contribution in [0.3, 0.4) is 0 Å². The van der Waals surface area contributed by atoms with E-state index in [0.29, 0.717) is 11.4 Å². The fourth-order valence-corrected chi connectivity index (χ4v) is 5.00. The van der Waals surface area contributed by atoms with Gasteiger partial charge >= 0.3 is 0 Å². The summed E-state index contributed by atoms with van der Waals surface area (Å²) in [4.78, 5) is 0.126. The van der Waals surface area contributed by atoms with Crippen molar-refractivity contribution in [3.63, 3.8) is 0 Å². The number of hydrogen-bond acceptors (Lipinski definition) is 5. The fourth-order valence-electron chi connectivity index (χ4n) is 2.92. The van der Waals surface area contributed by atoms with Gasteiger partial charge in [-0.2, -0.15) is 0 Å². The molecule has 0 bridgehead atoms. The second kappa shape index (κ2) is 9.98. The lowest BCUT2D eigenvalue weighted by Crippen LogP contribution is -2.30. The van der Waals surface area contributed by atoms with Gasteiger partial charge in [-0.25, -0.2) is 16.8 Å². The van der Waals surface area contributed by atoms with Crippen LogP contribution in [0, 0.1) is 0 Å². The van der Waals surface area contributed by atoms with E-state index in [1.54, 1.807) is 31.2 Å². The molecule has 0 saturated carbocycles. The number of anilines is 1. The standard InChI is InChI=1S/C23H25NO5S2/c1-2-30(25,26)18-17-29-22-13-15-23(16-14-22)31(27,28)24(21-11-7-4-8-12-21)19-20-9-5-3-6-10-20/h3-16H,2,17-19H2,1H3. The Hall–Kier alpha value is -2.84. The smallest absolute Gasteiger partial charge is 0.264 e. The van der Waals surface area contributed by atoms with Gasteiger partial charge in [0.15, 0.2) is 9.84 Å². The van der Waals surface area contributed by atoms with Crippen LogP contribution in [-0.2, 0) is 26.4 Å². The predicted molar refractivity (Wildman–Crippen MR) is 123 cm³/mol. The van der Waals surface area contributed by atoms with Crippen molar-refractivity contribution in [2.24, 2.45) is 0 Å². The highest BCUT2D eigenvalue weighted by molar-refractivity contribution is 7.92. The summed E-state index contributed by atoms with van der Waals surface area (Å²) in [5.41, 5.74) is 1.43. The maximum atomic E-state index is 13.4. The minimum Gasteiger partial charge on any atom is -0.493 e. The van der Waals surface area contributed by atoms with E-state index in [1.807, 2.05) is 36.4 Å². The minimum absolute atomic E-state index is 0.0203. The summed E-state index contributed by atoms with van der Waals surface area (Å²) in [6.07, 6.45) is 0. The molecule has 0 N–H and O–H groups in total. The van der Waals surface area contributed by atoms with Crippen molar-refractivity contribution in [1.29, 1.82) is 0 Å². The predicted octanol–water partition coefficient (Wildman–Crippen LogP) is 3.90. The number of para-hydroxylation sites is 1. The lowest BCUT2D eigenvalue weighted by Gasteiger charge is -2.25. The van der Waals surface area contributed by atoms with Crippen molar-refractivity contribution < 1.29 is 21.6 Å². The van der Waals surface area contributed by atoms with Crippen molar-refractivity contribution in [1.82, 2.24) is 0 Å². The van der Waals surface area contributed by atoms with Crippen molar-refractivity contribution >= 4 is 25.5 Å². The summed E-state index contributed by atoms with van der Waals surface area (Å²) in [7, 11) is -6.96. The topological polar surface area (TPSA) is 80.8 Å². The van der Waals surface area contributed by atoms with Gasteiger partial charge in [0.1, 0.15) is 12.4 Å². The van der Waals surface area contributed by atoms with Crippen LogP contribution in [0.2, 0.25) is 0 Å². The third-order valence-corrected chi connectivity index (χ3v) is 8.18. The summed E-state index contributed by atoms with van der Waals surface area (Å²) in [5, 5.41) is 0. The Morgan fingerprint density at radius 1 is 0.774 bits per heavy atom. The van der Waals surface area contributed by atoms with Crippen LogP contribution < -0.4 is 9.04 Å². The molecule has 0 saturated heterocycles. The third-order valence-electron chi connectivity index (χ3n) is 4.73. The fraction of sp³-hybridized carbons (Fsp3) is 0.217. The molecule has 0 atom stereocenters. The molecule has 0 fully saturated rings. The van der Waals surface area contributed by atoms with E-state index < -0.39 is 19.9 Å². The number of sulfonamides is 1. The van der Waals surface area contributed by atoms with Crippen LogP contribution >= 0.6 is 0 Å². The summed E-state index contributed by atoms with van der Waals surface area (Å²) < 4.78 is 56.8. The molecular formula is C23H25NO5S2. The van der Waals surface area contributed by atoms with Gasteiger partial charge in [0.2, 0.25) is 0 Å². The summed E-state index contributed by atoms with van der Waals surface area (Å²) in [6, 6.07) is 24.4. The van der Waals surface area contributed by atoms with Crippen LogP contribution in [-0.4, -0.2) is 34.9 Å². The van der Waals surface area contributed by atoms with Crippen LogP contribution in [0.15, 0.2) is 89.8 Å². The second-order valence-electron chi connectivity index (χ2n) is 6.89. The first-order chi connectivity index (χ1) is 14.8. The molecule has 164 valence electrons. The Morgan fingerprint density at radius 3 is 1.94 bits per heavy atom. The maximum absolute atomic E-state index is 13.4. The van der Waals surface area contributed by atoms with Crippen LogP contribution in [0.25, 0.3) is 0 Å². The normalized spacial score (nSPS) is 11.8. The van der Waals surface area contributed by atoms with Gasteiger partial charge in [-0.05, 0) is 42.0 Å². The quantitative estimate of drug-likeness (QED) is 0.459. The Kier molecular flexibility index (Phi) is 7.35. The molecule has 3 rings (SSSR count). The Balaban J connectivity index is 1.82. The minimum atomic E-state index is -3.83. The molecule has 0 aliphatic carbocycles. The molecule has 8 heteroatoms. The van der Waals surface area contributed by atoms with Gasteiger partial charge in [0.25, 0.3) is 10.0 Å². The molecule has 3 aromatic carbocycles. The number of rotatable bonds is 10. The monoisotopic (exact) mass is 459 g/mol. The average molecular weight is 460 g/mol. The lowest BCUT2D eigenvalue weighted by atomic mass is 10.2. The largest absolute Gasteiger partial charge is 0.493 e. The Morgan fingerprint density at radius 2 is 1.35 bits per heavy atom. The van der Waals surface area contributed by atoms with Crippen molar-refractivity contribution in [3.8, 4) is 5.75 Å². The van der Waals surface area contributed by atoms with E-state index in [9.17, 15) is 16.8 Å². The lowest BCUT2D eigenvalue weighted by molar-refractivity contribution is 0.340. The van der Waals surface area contributed by atoms with Gasteiger partial charge < -0.3 is 4.74 Å². The van der Waals surface area contributed by atoms with E-state index in [0.717, 1.165) is 5.56 Å². The number of nitrogens with zero attached hydrogens (tertiary/aromatic N) is 1. The van der Waals surface area contributed by atoms with Crippen LogP contribution in [0.1, 0.15) is 12.5 Å². The first kappa shape index (κ1) is 22.8. The zero-order valence-electron chi connectivity index (χ0n) is 17.2. The molecule has 0 amide bonds. The number of hydrogen-bond donors (Lipinski definition) is 0. The van der Waals surface area contributed by atoms with Gasteiger partial charge in [-0.3, -0.25) is 4.31 Å². The molecule has 6 nitrogen and oxygen atoms in total. The SMILES string of the molecule is CCS(=O)(=O)CCOc1ccc(S(=O)(=O)N(Cc2ccccc2)c2ccccc2)cc1. The van der Waals surface area contributed by atoms with Gasteiger partial charge in [0, 0.05) is 5.75 Å². The summed E-state index contributed by atoms with van der Waals surface area (Å²) in [5.74, 6) is 0.395. The maximum Gasteiger partial charge on any atom is 0.264 e. The van der Waals surface area contributed by atoms with Crippen molar-refractivity contribution in [2.45, 2.75) is 18.4 Å². The number of sulfone groups is 1. The Labute approximate surface area is 184 Å². The molecule has 0 unspecified atom stereocenters. The van der Waals surface area contributed by atoms with E-state index >= 15 is 0 Å². The van der Waals surface area contributed by atoms with E-state index in [-0.39, 0.29) is 29.6 Å². The molecule has 0 radical (unpaired) electrons. The highest BCUT2D eigenvalue weighted by Crippen LogP contribution is 2.27. The van der Waals surface area contributed by atoms with Crippen LogP contribution in [0.4, 0.5) is 5.69 Å². The van der Waals surface area contributed by atoms with Crippen LogP contribution in [0.5, 0.6) is 5.75 Å². The molecule has 0 aromatic heterocycles. The third kappa shape index (κ3) is 6.08. The van der Waals surface area contributed by atoms with E-state index in [1.165, 1.54) is 28.6 Å². The molecule has 3 aromatic rings. The van der Waals surface area contributed by atoms with Crippen molar-refractivity contribution in [2.75, 3.05) is 22.4 Å². The average Bonchev–Trinajstić information content (AvgIpc) is 2.79. The molecule has 0 spiro atoms. The van der Waals surface area contributed by atoms with Gasteiger partial charge in [-0.1, -0.05) is 55.5 Å². The molecule has 0 heterocycles. The van der Waals surface area contributed by atoms with Gasteiger partial charge in [-0.15, -0.1) is 0 Å². The van der Waals surface area contributed by atoms with E-state index in [4.69, 9.17) is 4.74 Å². The van der Waals surface area contributed by atoms with Gasteiger partial charge in [0.05, 0.1) is 22.9 Å². The molecular weight excluding hydrogens is 434 g/mol. The zero-order chi connectivity index (χ0) is 22.3. The second-order valence-corrected chi connectivity index (χ2v) is 11.2. The van der Waals surface area contributed by atoms with Crippen molar-refractivity contribution in [3.05, 3.63) is 90.5 Å². The molecule has 31 heavy (non-hydrogen) atoms. The number of ether oxygens (including phenoxy) is 1.